The summed E-state index contributed by atoms with van der Waals surface area (Å²) >= 11 is 0. The molecular weight excluding hydrogens is 374 g/mol. The fourth-order valence-corrected chi connectivity index (χ4v) is 4.28. The van der Waals surface area contributed by atoms with Crippen molar-refractivity contribution in [3.63, 3.8) is 0 Å². The number of halogens is 2. The third kappa shape index (κ3) is 4.52. The summed E-state index contributed by atoms with van der Waals surface area (Å²) in [5.41, 5.74) is 1.03. The second-order valence-corrected chi connectivity index (χ2v) is 7.80. The molecule has 1 aliphatic heterocycles. The Bertz CT molecular complexity index is 838. The topological polar surface area (TPSA) is 57.5 Å². The van der Waals surface area contributed by atoms with E-state index in [4.69, 9.17) is 0 Å². The maximum Gasteiger partial charge on any atom is 0.191 e. The molecule has 6 nitrogen and oxygen atoms in total. The molecular formula is C21H28F2N6. The van der Waals surface area contributed by atoms with Gasteiger partial charge in [0, 0.05) is 32.4 Å². The van der Waals surface area contributed by atoms with Crippen LogP contribution in [0, 0.1) is 11.6 Å². The van der Waals surface area contributed by atoms with Gasteiger partial charge in [-0.25, -0.2) is 8.78 Å². The van der Waals surface area contributed by atoms with Crippen LogP contribution in [0.25, 0.3) is 0 Å². The predicted molar refractivity (Wildman–Crippen MR) is 110 cm³/mol. The van der Waals surface area contributed by atoms with Crippen molar-refractivity contribution in [1.29, 1.82) is 0 Å². The van der Waals surface area contributed by atoms with Crippen molar-refractivity contribution in [2.24, 2.45) is 4.99 Å². The molecule has 0 amide bonds. The van der Waals surface area contributed by atoms with Gasteiger partial charge in [0.2, 0.25) is 0 Å². The van der Waals surface area contributed by atoms with E-state index in [9.17, 15) is 8.78 Å². The van der Waals surface area contributed by atoms with Crippen LogP contribution in [0.3, 0.4) is 0 Å². The van der Waals surface area contributed by atoms with Crippen LogP contribution < -0.4 is 15.5 Å². The molecule has 1 saturated heterocycles. The number of guanidine groups is 1. The highest BCUT2D eigenvalue weighted by molar-refractivity contribution is 5.80. The molecule has 2 heterocycles. The van der Waals surface area contributed by atoms with Gasteiger partial charge in [-0.1, -0.05) is 18.9 Å². The molecule has 156 valence electrons. The average Bonchev–Trinajstić information content (AvgIpc) is 3.46. The van der Waals surface area contributed by atoms with Crippen molar-refractivity contribution in [2.45, 2.75) is 50.7 Å². The summed E-state index contributed by atoms with van der Waals surface area (Å²) in [4.78, 5) is 6.03. The summed E-state index contributed by atoms with van der Waals surface area (Å²) in [5, 5.41) is 11.3. The standard InChI is InChI=1S/C21H28F2N6/c1-24-21(25-13-15-10-12-29(27-15)17-5-2-3-6-17)26-16-9-11-28(14-16)20-18(22)7-4-8-19(20)23/h4,7-8,10,12,16-17H,2-3,5-6,9,11,13-14H2,1H3,(H2,24,25,26). The zero-order valence-electron chi connectivity index (χ0n) is 16.7. The van der Waals surface area contributed by atoms with Gasteiger partial charge in [0.1, 0.15) is 17.3 Å². The number of benzene rings is 1. The van der Waals surface area contributed by atoms with E-state index >= 15 is 0 Å². The summed E-state index contributed by atoms with van der Waals surface area (Å²) in [6, 6.07) is 6.62. The van der Waals surface area contributed by atoms with Crippen molar-refractivity contribution in [3.8, 4) is 0 Å². The van der Waals surface area contributed by atoms with Crippen LogP contribution in [0.15, 0.2) is 35.5 Å². The third-order valence-electron chi connectivity index (χ3n) is 5.81. The van der Waals surface area contributed by atoms with Crippen molar-refractivity contribution in [3.05, 3.63) is 47.8 Å². The first-order valence-corrected chi connectivity index (χ1v) is 10.3. The van der Waals surface area contributed by atoms with E-state index in [-0.39, 0.29) is 11.7 Å². The predicted octanol–water partition coefficient (Wildman–Crippen LogP) is 3.22. The molecule has 0 bridgehead atoms. The maximum atomic E-state index is 14.0. The van der Waals surface area contributed by atoms with Crippen LogP contribution in [-0.4, -0.2) is 41.9 Å². The number of anilines is 1. The fraction of sp³-hybridized carbons (Fsp3) is 0.524. The van der Waals surface area contributed by atoms with Gasteiger partial charge in [-0.3, -0.25) is 9.67 Å². The Balaban J connectivity index is 1.30. The molecule has 2 aliphatic rings. The molecule has 1 aromatic carbocycles. The number of rotatable bonds is 5. The summed E-state index contributed by atoms with van der Waals surface area (Å²) in [6.45, 7) is 1.70. The SMILES string of the molecule is CN=C(NCc1ccn(C2CCCC2)n1)NC1CCN(c2c(F)cccc2F)C1. The van der Waals surface area contributed by atoms with Crippen LogP contribution in [0.2, 0.25) is 0 Å². The second kappa shape index (κ2) is 8.80. The van der Waals surface area contributed by atoms with Crippen molar-refractivity contribution in [1.82, 2.24) is 20.4 Å². The van der Waals surface area contributed by atoms with Crippen LogP contribution in [0.1, 0.15) is 43.8 Å². The minimum absolute atomic E-state index is 0.0530. The Labute approximate surface area is 170 Å². The number of hydrogen-bond acceptors (Lipinski definition) is 3. The van der Waals surface area contributed by atoms with Crippen molar-refractivity contribution in [2.75, 3.05) is 25.0 Å². The quantitative estimate of drug-likeness (QED) is 0.596. The lowest BCUT2D eigenvalue weighted by molar-refractivity contribution is 0.462. The van der Waals surface area contributed by atoms with Gasteiger partial charge in [-0.05, 0) is 37.5 Å². The van der Waals surface area contributed by atoms with Gasteiger partial charge in [0.25, 0.3) is 0 Å². The van der Waals surface area contributed by atoms with E-state index in [1.165, 1.54) is 43.9 Å². The largest absolute Gasteiger partial charge is 0.365 e. The lowest BCUT2D eigenvalue weighted by Crippen LogP contribution is -2.44. The van der Waals surface area contributed by atoms with E-state index < -0.39 is 11.6 Å². The monoisotopic (exact) mass is 402 g/mol. The normalized spacial score (nSPS) is 20.4. The van der Waals surface area contributed by atoms with E-state index in [0.29, 0.717) is 31.6 Å². The van der Waals surface area contributed by atoms with E-state index in [0.717, 1.165) is 12.1 Å². The number of para-hydroxylation sites is 1. The molecule has 1 atom stereocenters. The van der Waals surface area contributed by atoms with E-state index in [2.05, 4.69) is 31.6 Å². The molecule has 1 unspecified atom stereocenters. The number of aliphatic imine (C=N–C) groups is 1. The lowest BCUT2D eigenvalue weighted by atomic mass is 10.2. The minimum Gasteiger partial charge on any atom is -0.365 e. The Morgan fingerprint density at radius 2 is 1.93 bits per heavy atom. The van der Waals surface area contributed by atoms with Crippen molar-refractivity contribution < 1.29 is 8.78 Å². The number of aromatic nitrogens is 2. The lowest BCUT2D eigenvalue weighted by Gasteiger charge is -2.21. The number of nitrogens with one attached hydrogen (secondary N) is 2. The van der Waals surface area contributed by atoms with E-state index in [1.807, 2.05) is 6.07 Å². The Morgan fingerprint density at radius 1 is 1.17 bits per heavy atom. The summed E-state index contributed by atoms with van der Waals surface area (Å²) in [6.07, 6.45) is 7.82. The van der Waals surface area contributed by atoms with Crippen LogP contribution >= 0.6 is 0 Å². The molecule has 2 N–H and O–H groups in total. The number of hydrogen-bond donors (Lipinski definition) is 2. The second-order valence-electron chi connectivity index (χ2n) is 7.80. The molecule has 1 saturated carbocycles. The van der Waals surface area contributed by atoms with E-state index in [1.54, 1.807) is 11.9 Å². The molecule has 1 aromatic heterocycles. The van der Waals surface area contributed by atoms with Crippen LogP contribution in [0.4, 0.5) is 14.5 Å². The zero-order chi connectivity index (χ0) is 20.2. The molecule has 29 heavy (non-hydrogen) atoms. The summed E-state index contributed by atoms with van der Waals surface area (Å²) < 4.78 is 30.1. The molecule has 0 spiro atoms. The first-order chi connectivity index (χ1) is 14.1. The molecule has 1 aliphatic carbocycles. The zero-order valence-corrected chi connectivity index (χ0v) is 16.7. The summed E-state index contributed by atoms with van der Waals surface area (Å²) in [5.74, 6) is -0.377. The highest BCUT2D eigenvalue weighted by Crippen LogP contribution is 2.29. The van der Waals surface area contributed by atoms with Crippen LogP contribution in [0.5, 0.6) is 0 Å². The van der Waals surface area contributed by atoms with Gasteiger partial charge in [-0.2, -0.15) is 5.10 Å². The van der Waals surface area contributed by atoms with Gasteiger partial charge in [0.15, 0.2) is 5.96 Å². The third-order valence-corrected chi connectivity index (χ3v) is 5.81. The molecule has 2 fully saturated rings. The Kier molecular flexibility index (Phi) is 5.97. The van der Waals surface area contributed by atoms with Crippen molar-refractivity contribution >= 4 is 11.6 Å². The van der Waals surface area contributed by atoms with Gasteiger partial charge in [-0.15, -0.1) is 0 Å². The highest BCUT2D eigenvalue weighted by atomic mass is 19.1. The van der Waals surface area contributed by atoms with Gasteiger partial charge >= 0.3 is 0 Å². The number of nitrogens with zero attached hydrogens (tertiary/aromatic N) is 4. The van der Waals surface area contributed by atoms with Crippen LogP contribution in [-0.2, 0) is 6.54 Å². The average molecular weight is 402 g/mol. The van der Waals surface area contributed by atoms with Gasteiger partial charge in [0.05, 0.1) is 18.3 Å². The Morgan fingerprint density at radius 3 is 2.66 bits per heavy atom. The molecule has 0 radical (unpaired) electrons. The Hall–Kier alpha value is -2.64. The minimum atomic E-state index is -0.522. The first-order valence-electron chi connectivity index (χ1n) is 10.3. The molecule has 2 aromatic rings. The highest BCUT2D eigenvalue weighted by Gasteiger charge is 2.27. The maximum absolute atomic E-state index is 14.0. The molecule has 8 heteroatoms. The first kappa shape index (κ1) is 19.7. The van der Waals surface area contributed by atoms with Gasteiger partial charge < -0.3 is 15.5 Å². The summed E-state index contributed by atoms with van der Waals surface area (Å²) in [7, 11) is 1.72. The smallest absolute Gasteiger partial charge is 0.191 e. The molecule has 4 rings (SSSR count). The fourth-order valence-electron chi connectivity index (χ4n) is 4.28.